The number of thioether (sulfide) groups is 1. The summed E-state index contributed by atoms with van der Waals surface area (Å²) in [4.78, 5) is 10.3. The fraction of sp³-hybridized carbons (Fsp3) is 0.111. The molecular weight excluding hydrogens is 335 g/mol. The Kier molecular flexibility index (Phi) is 3.95. The monoisotopic (exact) mass is 340 g/mol. The molecule has 1 aliphatic rings. The topological polar surface area (TPSA) is 95.8 Å². The Morgan fingerprint density at radius 2 is 2.11 bits per heavy atom. The standard InChI is InChI=1S/C9H6Cl2N2O4S2/c10-4-1-5(11)8-6(2-4)19(16,17)13-9(12-8)18-3-7(14)15/h1-2H,3H2,(H,12,13)(H,14,15). The van der Waals surface area contributed by atoms with E-state index in [4.69, 9.17) is 28.3 Å². The zero-order chi connectivity index (χ0) is 14.2. The number of benzene rings is 1. The highest BCUT2D eigenvalue weighted by Gasteiger charge is 2.27. The second-order valence-electron chi connectivity index (χ2n) is 3.44. The van der Waals surface area contributed by atoms with E-state index in [1.165, 1.54) is 12.1 Å². The average molecular weight is 341 g/mol. The molecule has 1 heterocycles. The maximum absolute atomic E-state index is 11.9. The number of sulfonamides is 1. The van der Waals surface area contributed by atoms with E-state index in [1.807, 2.05) is 0 Å². The lowest BCUT2D eigenvalue weighted by Crippen LogP contribution is -2.20. The Morgan fingerprint density at radius 3 is 2.74 bits per heavy atom. The molecule has 1 aromatic rings. The van der Waals surface area contributed by atoms with Gasteiger partial charge in [-0.2, -0.15) is 8.42 Å². The minimum Gasteiger partial charge on any atom is -0.481 e. The van der Waals surface area contributed by atoms with Gasteiger partial charge in [0.05, 0.1) is 16.5 Å². The van der Waals surface area contributed by atoms with E-state index in [0.29, 0.717) is 0 Å². The van der Waals surface area contributed by atoms with E-state index in [9.17, 15) is 13.2 Å². The zero-order valence-corrected chi connectivity index (χ0v) is 12.2. The van der Waals surface area contributed by atoms with Crippen LogP contribution in [0.5, 0.6) is 0 Å². The summed E-state index contributed by atoms with van der Waals surface area (Å²) >= 11 is 12.4. The molecule has 0 fully saturated rings. The second-order valence-corrected chi connectivity index (χ2v) is 6.82. The van der Waals surface area contributed by atoms with Crippen molar-refractivity contribution in [3.8, 4) is 0 Å². The first-order valence-electron chi connectivity index (χ1n) is 4.75. The first-order chi connectivity index (χ1) is 8.79. The molecule has 1 aliphatic heterocycles. The third-order valence-corrected chi connectivity index (χ3v) is 4.85. The van der Waals surface area contributed by atoms with Gasteiger partial charge in [0.2, 0.25) is 0 Å². The Hall–Kier alpha value is -0.960. The smallest absolute Gasteiger partial charge is 0.313 e. The predicted octanol–water partition coefficient (Wildman–Crippen LogP) is 2.28. The molecule has 1 aromatic carbocycles. The first-order valence-corrected chi connectivity index (χ1v) is 7.93. The lowest BCUT2D eigenvalue weighted by atomic mass is 10.3. The van der Waals surface area contributed by atoms with Crippen molar-refractivity contribution < 1.29 is 18.3 Å². The van der Waals surface area contributed by atoms with E-state index in [-0.39, 0.29) is 31.5 Å². The molecule has 102 valence electrons. The van der Waals surface area contributed by atoms with Crippen LogP contribution in [0.4, 0.5) is 5.69 Å². The van der Waals surface area contributed by atoms with Crippen LogP contribution < -0.4 is 5.32 Å². The molecule has 6 nitrogen and oxygen atoms in total. The van der Waals surface area contributed by atoms with Gasteiger partial charge in [-0.05, 0) is 12.1 Å². The quantitative estimate of drug-likeness (QED) is 0.857. The van der Waals surface area contributed by atoms with E-state index < -0.39 is 16.0 Å². The van der Waals surface area contributed by atoms with Crippen LogP contribution >= 0.6 is 35.0 Å². The molecule has 0 unspecified atom stereocenters. The highest BCUT2D eigenvalue weighted by molar-refractivity contribution is 8.15. The number of anilines is 1. The summed E-state index contributed by atoms with van der Waals surface area (Å²) in [6.07, 6.45) is 0. The molecule has 0 saturated carbocycles. The number of nitrogens with one attached hydrogen (secondary N) is 1. The molecule has 0 radical (unpaired) electrons. The molecule has 19 heavy (non-hydrogen) atoms. The van der Waals surface area contributed by atoms with Crippen LogP contribution in [0.1, 0.15) is 0 Å². The normalized spacial score (nSPS) is 16.2. The van der Waals surface area contributed by atoms with Gasteiger partial charge in [0.25, 0.3) is 10.0 Å². The molecule has 2 rings (SSSR count). The highest BCUT2D eigenvalue weighted by Crippen LogP contribution is 2.37. The van der Waals surface area contributed by atoms with Crippen LogP contribution in [0.25, 0.3) is 0 Å². The van der Waals surface area contributed by atoms with Gasteiger partial charge >= 0.3 is 5.97 Å². The Balaban J connectivity index is 2.44. The Bertz CT molecular complexity index is 688. The Morgan fingerprint density at radius 1 is 1.42 bits per heavy atom. The number of carboxylic acids is 1. The van der Waals surface area contributed by atoms with Crippen molar-refractivity contribution in [2.24, 2.45) is 4.40 Å². The van der Waals surface area contributed by atoms with Gasteiger partial charge in [0.1, 0.15) is 4.90 Å². The molecule has 0 aliphatic carbocycles. The summed E-state index contributed by atoms with van der Waals surface area (Å²) < 4.78 is 27.3. The van der Waals surface area contributed by atoms with Crippen LogP contribution in [-0.4, -0.2) is 30.4 Å². The van der Waals surface area contributed by atoms with Crippen molar-refractivity contribution in [3.05, 3.63) is 22.2 Å². The van der Waals surface area contributed by atoms with Crippen molar-refractivity contribution >= 4 is 61.8 Å². The van der Waals surface area contributed by atoms with Gasteiger partial charge in [0, 0.05) is 5.02 Å². The predicted molar refractivity (Wildman–Crippen MR) is 74.8 cm³/mol. The van der Waals surface area contributed by atoms with E-state index in [1.54, 1.807) is 0 Å². The van der Waals surface area contributed by atoms with Gasteiger partial charge in [-0.1, -0.05) is 35.0 Å². The van der Waals surface area contributed by atoms with Gasteiger partial charge in [-0.3, -0.25) is 4.79 Å². The molecule has 0 amide bonds. The summed E-state index contributed by atoms with van der Waals surface area (Å²) in [5, 5.41) is 11.5. The number of carboxylic acid groups (broad SMARTS) is 1. The fourth-order valence-electron chi connectivity index (χ4n) is 1.36. The van der Waals surface area contributed by atoms with E-state index in [2.05, 4.69) is 9.71 Å². The van der Waals surface area contributed by atoms with E-state index in [0.717, 1.165) is 11.8 Å². The third-order valence-electron chi connectivity index (χ3n) is 2.06. The number of hydrogen-bond acceptors (Lipinski definition) is 5. The van der Waals surface area contributed by atoms with Gasteiger partial charge < -0.3 is 10.4 Å². The molecule has 2 N–H and O–H groups in total. The third kappa shape index (κ3) is 3.14. The number of rotatable bonds is 2. The number of nitrogens with zero attached hydrogens (tertiary/aromatic N) is 1. The van der Waals surface area contributed by atoms with Crippen LogP contribution in [0.15, 0.2) is 21.4 Å². The molecule has 10 heteroatoms. The average Bonchev–Trinajstić information content (AvgIpc) is 2.27. The van der Waals surface area contributed by atoms with Crippen LogP contribution in [0.3, 0.4) is 0 Å². The largest absolute Gasteiger partial charge is 0.481 e. The summed E-state index contributed by atoms with van der Waals surface area (Å²) in [6, 6.07) is 2.61. The summed E-state index contributed by atoms with van der Waals surface area (Å²) in [5.41, 5.74) is 0.147. The maximum atomic E-state index is 11.9. The van der Waals surface area contributed by atoms with Gasteiger partial charge in [0.15, 0.2) is 5.17 Å². The van der Waals surface area contributed by atoms with Gasteiger partial charge in [-0.15, -0.1) is 4.40 Å². The highest BCUT2D eigenvalue weighted by atomic mass is 35.5. The van der Waals surface area contributed by atoms with Crippen LogP contribution in [-0.2, 0) is 14.8 Å². The number of carbonyl (C=O) groups is 1. The first kappa shape index (κ1) is 14.4. The number of halogens is 2. The second kappa shape index (κ2) is 5.20. The fourth-order valence-corrected chi connectivity index (χ4v) is 4.01. The van der Waals surface area contributed by atoms with Crippen molar-refractivity contribution in [2.75, 3.05) is 11.1 Å². The molecule has 0 atom stereocenters. The molecule has 0 saturated heterocycles. The summed E-state index contributed by atoms with van der Waals surface area (Å²) in [5.74, 6) is -1.40. The molecule has 0 aromatic heterocycles. The van der Waals surface area contributed by atoms with Gasteiger partial charge in [-0.25, -0.2) is 0 Å². The van der Waals surface area contributed by atoms with Crippen molar-refractivity contribution in [2.45, 2.75) is 4.90 Å². The van der Waals surface area contributed by atoms with Crippen LogP contribution in [0.2, 0.25) is 10.0 Å². The molecule has 0 spiro atoms. The lowest BCUT2D eigenvalue weighted by molar-refractivity contribution is -0.133. The summed E-state index contributed by atoms with van der Waals surface area (Å²) in [7, 11) is -3.94. The van der Waals surface area contributed by atoms with Crippen molar-refractivity contribution in [1.29, 1.82) is 0 Å². The number of aliphatic carboxylic acids is 1. The summed E-state index contributed by atoms with van der Waals surface area (Å²) in [6.45, 7) is 0. The zero-order valence-electron chi connectivity index (χ0n) is 9.05. The molecule has 0 bridgehead atoms. The minimum absolute atomic E-state index is 0.0425. The Labute approximate surface area is 122 Å². The van der Waals surface area contributed by atoms with Crippen molar-refractivity contribution in [3.63, 3.8) is 0 Å². The number of fused-ring (bicyclic) bond motifs is 1. The van der Waals surface area contributed by atoms with E-state index >= 15 is 0 Å². The lowest BCUT2D eigenvalue weighted by Gasteiger charge is -2.18. The number of hydrogen-bond donors (Lipinski definition) is 2. The number of amidine groups is 1. The SMILES string of the molecule is O=C(O)CSC1=NS(=O)(=O)c2cc(Cl)cc(Cl)c2N1. The molecular formula is C9H6Cl2N2O4S2. The minimum atomic E-state index is -3.94. The van der Waals surface area contributed by atoms with Crippen molar-refractivity contribution in [1.82, 2.24) is 0 Å². The van der Waals surface area contributed by atoms with Crippen LogP contribution in [0, 0.1) is 0 Å². The maximum Gasteiger partial charge on any atom is 0.313 e.